The van der Waals surface area contributed by atoms with E-state index in [-0.39, 0.29) is 0 Å². The standard InChI is InChI=1S/C12H10S/c1-2-4-10-7-11(12-8-13-12)6-5-9(10)3-1/h1-7,12H,8H2. The van der Waals surface area contributed by atoms with E-state index < -0.39 is 0 Å². The Bertz CT molecular complexity index is 444. The zero-order chi connectivity index (χ0) is 8.67. The molecule has 0 nitrogen and oxygen atoms in total. The van der Waals surface area contributed by atoms with Gasteiger partial charge < -0.3 is 0 Å². The molecule has 1 saturated heterocycles. The predicted molar refractivity (Wildman–Crippen MR) is 59.1 cm³/mol. The van der Waals surface area contributed by atoms with Crippen LogP contribution in [-0.4, -0.2) is 5.75 Å². The third-order valence-electron chi connectivity index (χ3n) is 2.48. The molecule has 2 aromatic carbocycles. The molecule has 0 bridgehead atoms. The van der Waals surface area contributed by atoms with Crippen molar-refractivity contribution in [1.29, 1.82) is 0 Å². The third kappa shape index (κ3) is 1.33. The topological polar surface area (TPSA) is 0 Å². The highest BCUT2D eigenvalue weighted by molar-refractivity contribution is 8.06. The molecule has 0 spiro atoms. The van der Waals surface area contributed by atoms with Gasteiger partial charge in [0.1, 0.15) is 0 Å². The normalized spacial score (nSPS) is 20.5. The van der Waals surface area contributed by atoms with Crippen molar-refractivity contribution in [3.05, 3.63) is 48.0 Å². The van der Waals surface area contributed by atoms with Gasteiger partial charge in [0.25, 0.3) is 0 Å². The van der Waals surface area contributed by atoms with E-state index in [1.54, 1.807) is 0 Å². The van der Waals surface area contributed by atoms with E-state index in [1.807, 2.05) is 11.8 Å². The Hall–Kier alpha value is -0.950. The SMILES string of the molecule is c1ccc2cc(C3CS3)ccc2c1. The van der Waals surface area contributed by atoms with E-state index in [2.05, 4.69) is 42.5 Å². The maximum absolute atomic E-state index is 2.32. The molecule has 1 aliphatic rings. The fraction of sp³-hybridized carbons (Fsp3) is 0.167. The van der Waals surface area contributed by atoms with Crippen molar-refractivity contribution in [3.8, 4) is 0 Å². The van der Waals surface area contributed by atoms with Crippen molar-refractivity contribution < 1.29 is 0 Å². The van der Waals surface area contributed by atoms with Gasteiger partial charge in [-0.05, 0) is 16.3 Å². The summed E-state index contributed by atoms with van der Waals surface area (Å²) in [5.41, 5.74) is 1.49. The lowest BCUT2D eigenvalue weighted by Crippen LogP contribution is -1.79. The van der Waals surface area contributed by atoms with Crippen LogP contribution in [0.15, 0.2) is 42.5 Å². The average Bonchev–Trinajstić information content (AvgIpc) is 3.00. The molecule has 0 N–H and O–H groups in total. The van der Waals surface area contributed by atoms with Crippen molar-refractivity contribution in [2.75, 3.05) is 5.75 Å². The highest BCUT2D eigenvalue weighted by Gasteiger charge is 2.24. The second-order valence-electron chi connectivity index (χ2n) is 3.43. The summed E-state index contributed by atoms with van der Waals surface area (Å²) in [5.74, 6) is 1.30. The van der Waals surface area contributed by atoms with E-state index >= 15 is 0 Å². The molecule has 0 aliphatic carbocycles. The fourth-order valence-corrected chi connectivity index (χ4v) is 2.28. The third-order valence-corrected chi connectivity index (χ3v) is 3.42. The Morgan fingerprint density at radius 3 is 2.54 bits per heavy atom. The van der Waals surface area contributed by atoms with Crippen LogP contribution in [0.4, 0.5) is 0 Å². The maximum atomic E-state index is 2.32. The van der Waals surface area contributed by atoms with Crippen LogP contribution < -0.4 is 0 Å². The lowest BCUT2D eigenvalue weighted by atomic mass is 10.1. The summed E-state index contributed by atoms with van der Waals surface area (Å²) >= 11 is 2.03. The Morgan fingerprint density at radius 1 is 1.00 bits per heavy atom. The van der Waals surface area contributed by atoms with Crippen molar-refractivity contribution >= 4 is 22.5 Å². The van der Waals surface area contributed by atoms with E-state index in [4.69, 9.17) is 0 Å². The van der Waals surface area contributed by atoms with Crippen LogP contribution in [0.25, 0.3) is 10.8 Å². The smallest absolute Gasteiger partial charge is 0.0388 e. The molecule has 64 valence electrons. The molecule has 1 atom stereocenters. The molecule has 0 amide bonds. The minimum atomic E-state index is 0.782. The molecule has 1 fully saturated rings. The number of hydrogen-bond donors (Lipinski definition) is 0. The van der Waals surface area contributed by atoms with Gasteiger partial charge in [-0.3, -0.25) is 0 Å². The van der Waals surface area contributed by atoms with E-state index in [0.29, 0.717) is 0 Å². The van der Waals surface area contributed by atoms with Crippen LogP contribution in [0, 0.1) is 0 Å². The summed E-state index contributed by atoms with van der Waals surface area (Å²) in [4.78, 5) is 0. The number of thioether (sulfide) groups is 1. The molecule has 1 heteroatoms. The van der Waals surface area contributed by atoms with Crippen LogP contribution in [0.1, 0.15) is 10.8 Å². The van der Waals surface area contributed by atoms with Gasteiger partial charge in [-0.2, -0.15) is 11.8 Å². The molecule has 2 aromatic rings. The van der Waals surface area contributed by atoms with Crippen molar-refractivity contribution in [2.45, 2.75) is 5.25 Å². The second-order valence-corrected chi connectivity index (χ2v) is 4.66. The van der Waals surface area contributed by atoms with E-state index in [0.717, 1.165) is 5.25 Å². The molecular weight excluding hydrogens is 176 g/mol. The molecule has 1 aliphatic heterocycles. The van der Waals surface area contributed by atoms with Gasteiger partial charge in [0.05, 0.1) is 0 Å². The van der Waals surface area contributed by atoms with Crippen LogP contribution in [0.5, 0.6) is 0 Å². The number of hydrogen-bond acceptors (Lipinski definition) is 1. The summed E-state index contributed by atoms with van der Waals surface area (Å²) in [6.07, 6.45) is 0. The predicted octanol–water partition coefficient (Wildman–Crippen LogP) is 3.63. The summed E-state index contributed by atoms with van der Waals surface area (Å²) in [6.45, 7) is 0. The minimum Gasteiger partial charge on any atom is -0.151 e. The summed E-state index contributed by atoms with van der Waals surface area (Å²) in [6, 6.07) is 15.3. The lowest BCUT2D eigenvalue weighted by molar-refractivity contribution is 1.24. The lowest BCUT2D eigenvalue weighted by Gasteiger charge is -2.00. The molecular formula is C12H10S. The highest BCUT2D eigenvalue weighted by Crippen LogP contribution is 2.46. The number of rotatable bonds is 1. The molecule has 0 radical (unpaired) electrons. The van der Waals surface area contributed by atoms with Gasteiger partial charge in [-0.1, -0.05) is 42.5 Å². The Morgan fingerprint density at radius 2 is 1.77 bits per heavy atom. The van der Waals surface area contributed by atoms with Gasteiger partial charge in [-0.25, -0.2) is 0 Å². The second kappa shape index (κ2) is 2.78. The van der Waals surface area contributed by atoms with Crippen molar-refractivity contribution in [1.82, 2.24) is 0 Å². The first-order valence-corrected chi connectivity index (χ1v) is 5.59. The zero-order valence-corrected chi connectivity index (χ0v) is 8.05. The monoisotopic (exact) mass is 186 g/mol. The largest absolute Gasteiger partial charge is 0.151 e. The van der Waals surface area contributed by atoms with Crippen molar-refractivity contribution in [3.63, 3.8) is 0 Å². The zero-order valence-electron chi connectivity index (χ0n) is 7.23. The molecule has 3 rings (SSSR count). The van der Waals surface area contributed by atoms with Gasteiger partial charge in [0, 0.05) is 11.0 Å². The number of fused-ring (bicyclic) bond motifs is 1. The summed E-state index contributed by atoms with van der Waals surface area (Å²) in [7, 11) is 0. The van der Waals surface area contributed by atoms with Crippen LogP contribution in [0.3, 0.4) is 0 Å². The molecule has 0 saturated carbocycles. The first-order valence-electron chi connectivity index (χ1n) is 4.54. The van der Waals surface area contributed by atoms with Crippen LogP contribution >= 0.6 is 11.8 Å². The summed E-state index contributed by atoms with van der Waals surface area (Å²) < 4.78 is 0. The molecule has 1 unspecified atom stereocenters. The first-order chi connectivity index (χ1) is 6.43. The van der Waals surface area contributed by atoms with Gasteiger partial charge in [-0.15, -0.1) is 0 Å². The van der Waals surface area contributed by atoms with E-state index in [9.17, 15) is 0 Å². The minimum absolute atomic E-state index is 0.782. The van der Waals surface area contributed by atoms with Crippen LogP contribution in [-0.2, 0) is 0 Å². The first kappa shape index (κ1) is 7.45. The van der Waals surface area contributed by atoms with Gasteiger partial charge >= 0.3 is 0 Å². The Labute approximate surface area is 82.0 Å². The van der Waals surface area contributed by atoms with Gasteiger partial charge in [0.15, 0.2) is 0 Å². The quantitative estimate of drug-likeness (QED) is 0.613. The average molecular weight is 186 g/mol. The Kier molecular flexibility index (Phi) is 1.59. The maximum Gasteiger partial charge on any atom is 0.0388 e. The number of benzene rings is 2. The highest BCUT2D eigenvalue weighted by atomic mass is 32.2. The van der Waals surface area contributed by atoms with Crippen LogP contribution in [0.2, 0.25) is 0 Å². The fourth-order valence-electron chi connectivity index (χ4n) is 1.65. The summed E-state index contributed by atoms with van der Waals surface area (Å²) in [5, 5.41) is 3.49. The van der Waals surface area contributed by atoms with E-state index in [1.165, 1.54) is 22.1 Å². The Balaban J connectivity index is 2.21. The van der Waals surface area contributed by atoms with Gasteiger partial charge in [0.2, 0.25) is 0 Å². The molecule has 13 heavy (non-hydrogen) atoms. The van der Waals surface area contributed by atoms with Crippen molar-refractivity contribution in [2.24, 2.45) is 0 Å². The molecule has 1 heterocycles. The molecule has 0 aromatic heterocycles.